The van der Waals surface area contributed by atoms with Gasteiger partial charge in [-0.3, -0.25) is 0 Å². The summed E-state index contributed by atoms with van der Waals surface area (Å²) in [5, 5.41) is 11.9. The highest BCUT2D eigenvalue weighted by atomic mass is 79.9. The normalized spacial score (nSPS) is 11.1. The third-order valence-electron chi connectivity index (χ3n) is 4.17. The van der Waals surface area contributed by atoms with Crippen molar-refractivity contribution >= 4 is 55.7 Å². The third kappa shape index (κ3) is 5.53. The number of rotatable bonds is 6. The van der Waals surface area contributed by atoms with Gasteiger partial charge in [0.25, 0.3) is 5.95 Å². The zero-order chi connectivity index (χ0) is 21.8. The van der Waals surface area contributed by atoms with Crippen molar-refractivity contribution in [2.45, 2.75) is 13.8 Å². The summed E-state index contributed by atoms with van der Waals surface area (Å²) in [6.45, 7) is 3.87. The van der Waals surface area contributed by atoms with E-state index in [2.05, 4.69) is 67.8 Å². The quantitative estimate of drug-likeness (QED) is 0.251. The molecular weight excluding hydrogens is 524 g/mol. The molecule has 2 N–H and O–H groups in total. The van der Waals surface area contributed by atoms with Gasteiger partial charge in [-0.05, 0) is 61.9 Å². The Labute approximate surface area is 196 Å². The molecule has 8 nitrogen and oxygen atoms in total. The van der Waals surface area contributed by atoms with E-state index in [1.54, 1.807) is 10.9 Å². The lowest BCUT2D eigenvalue weighted by Gasteiger charge is -2.09. The van der Waals surface area contributed by atoms with Crippen LogP contribution in [-0.2, 0) is 0 Å². The number of aromatic nitrogens is 5. The van der Waals surface area contributed by atoms with Crippen LogP contribution in [0.5, 0.6) is 0 Å². The molecule has 0 aliphatic rings. The molecule has 0 fully saturated rings. The molecule has 4 rings (SSSR count). The molecule has 0 aliphatic carbocycles. The van der Waals surface area contributed by atoms with Gasteiger partial charge < -0.3 is 5.32 Å². The van der Waals surface area contributed by atoms with Crippen LogP contribution in [0.4, 0.5) is 17.6 Å². The monoisotopic (exact) mass is 540 g/mol. The van der Waals surface area contributed by atoms with Crippen LogP contribution in [0, 0.1) is 13.8 Å². The Morgan fingerprint density at radius 1 is 0.871 bits per heavy atom. The highest BCUT2D eigenvalue weighted by molar-refractivity contribution is 9.10. The fraction of sp³-hybridized carbons (Fsp3) is 0.0952. The molecular formula is C21H18Br2N8. The molecule has 0 saturated heterocycles. The minimum atomic E-state index is 0.297. The first-order valence-corrected chi connectivity index (χ1v) is 10.9. The lowest BCUT2D eigenvalue weighted by molar-refractivity contribution is 0.767. The Morgan fingerprint density at radius 2 is 1.52 bits per heavy atom. The Morgan fingerprint density at radius 3 is 2.16 bits per heavy atom. The number of anilines is 3. The maximum Gasteiger partial charge on any atom is 0.257 e. The smallest absolute Gasteiger partial charge is 0.257 e. The van der Waals surface area contributed by atoms with E-state index < -0.39 is 0 Å². The number of aryl methyl sites for hydroxylation is 2. The van der Waals surface area contributed by atoms with Crippen molar-refractivity contribution in [2.24, 2.45) is 5.10 Å². The first kappa shape index (κ1) is 21.1. The average Bonchev–Trinajstić information content (AvgIpc) is 3.09. The van der Waals surface area contributed by atoms with Crippen molar-refractivity contribution < 1.29 is 0 Å². The molecule has 0 atom stereocenters. The van der Waals surface area contributed by atoms with Crippen LogP contribution in [0.25, 0.3) is 5.95 Å². The zero-order valence-corrected chi connectivity index (χ0v) is 19.9. The van der Waals surface area contributed by atoms with E-state index in [0.717, 1.165) is 31.6 Å². The molecule has 31 heavy (non-hydrogen) atoms. The van der Waals surface area contributed by atoms with E-state index >= 15 is 0 Å². The fourth-order valence-electron chi connectivity index (χ4n) is 2.77. The van der Waals surface area contributed by atoms with E-state index in [9.17, 15) is 0 Å². The second-order valence-corrected chi connectivity index (χ2v) is 8.51. The van der Waals surface area contributed by atoms with Crippen LogP contribution in [0.1, 0.15) is 17.0 Å². The number of nitrogens with zero attached hydrogens (tertiary/aromatic N) is 6. The largest absolute Gasteiger partial charge is 0.324 e. The summed E-state index contributed by atoms with van der Waals surface area (Å²) in [5.41, 5.74) is 6.47. The maximum atomic E-state index is 4.53. The molecule has 0 amide bonds. The van der Waals surface area contributed by atoms with Crippen LogP contribution < -0.4 is 10.7 Å². The average molecular weight is 542 g/mol. The predicted octanol–water partition coefficient (Wildman–Crippen LogP) is 5.39. The molecule has 0 spiro atoms. The van der Waals surface area contributed by atoms with Gasteiger partial charge in [-0.25, -0.2) is 10.1 Å². The van der Waals surface area contributed by atoms with Gasteiger partial charge in [0, 0.05) is 20.3 Å². The number of hydrogen-bond acceptors (Lipinski definition) is 7. The van der Waals surface area contributed by atoms with Gasteiger partial charge in [0.15, 0.2) is 0 Å². The first-order chi connectivity index (χ1) is 15.0. The molecule has 2 heterocycles. The molecule has 10 heteroatoms. The van der Waals surface area contributed by atoms with E-state index in [4.69, 9.17) is 0 Å². The summed E-state index contributed by atoms with van der Waals surface area (Å²) in [6.07, 6.45) is 1.70. The topological polar surface area (TPSA) is 92.9 Å². The number of halogens is 2. The Kier molecular flexibility index (Phi) is 6.38. The van der Waals surface area contributed by atoms with Crippen LogP contribution >= 0.6 is 31.9 Å². The molecule has 0 aliphatic heterocycles. The maximum absolute atomic E-state index is 4.53. The molecule has 4 aromatic rings. The molecule has 0 bridgehead atoms. The second kappa shape index (κ2) is 9.36. The number of nitrogens with one attached hydrogen (secondary N) is 2. The van der Waals surface area contributed by atoms with Crippen LogP contribution in [0.3, 0.4) is 0 Å². The SMILES string of the molecule is Cc1cc(C)n(-c2nc(N/N=C\c3ccc(Br)cc3)nc(Nc3ccc(Br)cc3)n2)n1. The summed E-state index contributed by atoms with van der Waals surface area (Å²) in [6, 6.07) is 17.5. The van der Waals surface area contributed by atoms with Gasteiger partial charge in [-0.2, -0.15) is 25.2 Å². The van der Waals surface area contributed by atoms with E-state index in [1.165, 1.54) is 0 Å². The van der Waals surface area contributed by atoms with Crippen molar-refractivity contribution in [3.05, 3.63) is 80.5 Å². The van der Waals surface area contributed by atoms with E-state index in [1.807, 2.05) is 68.4 Å². The van der Waals surface area contributed by atoms with Gasteiger partial charge in [-0.15, -0.1) is 0 Å². The Bertz CT molecular complexity index is 1220. The third-order valence-corrected chi connectivity index (χ3v) is 5.23. The summed E-state index contributed by atoms with van der Waals surface area (Å²) < 4.78 is 3.67. The lowest BCUT2D eigenvalue weighted by Crippen LogP contribution is -2.11. The van der Waals surface area contributed by atoms with Gasteiger partial charge in [0.2, 0.25) is 11.9 Å². The summed E-state index contributed by atoms with van der Waals surface area (Å²) >= 11 is 6.86. The predicted molar refractivity (Wildman–Crippen MR) is 129 cm³/mol. The Balaban J connectivity index is 1.64. The van der Waals surface area contributed by atoms with Crippen molar-refractivity contribution in [1.29, 1.82) is 0 Å². The second-order valence-electron chi connectivity index (χ2n) is 6.67. The van der Waals surface area contributed by atoms with Gasteiger partial charge in [0.1, 0.15) is 0 Å². The van der Waals surface area contributed by atoms with Crippen molar-refractivity contribution in [1.82, 2.24) is 24.7 Å². The molecule has 0 unspecified atom stereocenters. The molecule has 2 aromatic carbocycles. The standard InChI is InChI=1S/C21H18Br2N8/c1-13-11-14(2)31(30-13)21-27-19(25-18-9-7-17(23)8-10-18)26-20(28-21)29-24-12-15-3-5-16(22)6-4-15/h3-12H,1-2H3,(H2,25,26,27,28,29)/b24-12-. The number of hydrogen-bond donors (Lipinski definition) is 2. The number of benzene rings is 2. The van der Waals surface area contributed by atoms with Gasteiger partial charge >= 0.3 is 0 Å². The van der Waals surface area contributed by atoms with Crippen LogP contribution in [0.15, 0.2) is 68.6 Å². The zero-order valence-electron chi connectivity index (χ0n) is 16.7. The van der Waals surface area contributed by atoms with E-state index in [0.29, 0.717) is 17.8 Å². The van der Waals surface area contributed by atoms with Crippen molar-refractivity contribution in [3.63, 3.8) is 0 Å². The first-order valence-electron chi connectivity index (χ1n) is 9.33. The molecule has 2 aromatic heterocycles. The summed E-state index contributed by atoms with van der Waals surface area (Å²) in [5.74, 6) is 1.06. The minimum Gasteiger partial charge on any atom is -0.324 e. The van der Waals surface area contributed by atoms with E-state index in [-0.39, 0.29) is 0 Å². The molecule has 156 valence electrons. The van der Waals surface area contributed by atoms with Crippen molar-refractivity contribution in [3.8, 4) is 5.95 Å². The highest BCUT2D eigenvalue weighted by Crippen LogP contribution is 2.19. The minimum absolute atomic E-state index is 0.297. The van der Waals surface area contributed by atoms with Crippen LogP contribution in [-0.4, -0.2) is 30.9 Å². The lowest BCUT2D eigenvalue weighted by atomic mass is 10.2. The fourth-order valence-corrected chi connectivity index (χ4v) is 3.30. The number of hydrazone groups is 1. The van der Waals surface area contributed by atoms with Gasteiger partial charge in [0.05, 0.1) is 11.9 Å². The van der Waals surface area contributed by atoms with Crippen LogP contribution in [0.2, 0.25) is 0 Å². The molecule has 0 saturated carbocycles. The molecule has 0 radical (unpaired) electrons. The summed E-state index contributed by atoms with van der Waals surface area (Å²) in [7, 11) is 0. The highest BCUT2D eigenvalue weighted by Gasteiger charge is 2.12. The summed E-state index contributed by atoms with van der Waals surface area (Å²) in [4.78, 5) is 13.4. The van der Waals surface area contributed by atoms with Crippen molar-refractivity contribution in [2.75, 3.05) is 10.7 Å². The van der Waals surface area contributed by atoms with Gasteiger partial charge in [-0.1, -0.05) is 44.0 Å². The Hall–Kier alpha value is -3.11.